The second-order valence-corrected chi connectivity index (χ2v) is 14.7. The molecule has 11 nitrogen and oxygen atoms in total. The third kappa shape index (κ3) is 34.7. The van der Waals surface area contributed by atoms with Gasteiger partial charge in [0, 0.05) is 12.8 Å². The number of carbonyl (C=O) groups excluding carboxylic acids is 2. The molecule has 0 bridgehead atoms. The predicted molar refractivity (Wildman–Crippen MR) is 202 cm³/mol. The van der Waals surface area contributed by atoms with E-state index < -0.39 is 57.9 Å². The van der Waals surface area contributed by atoms with Crippen molar-refractivity contribution in [1.29, 1.82) is 0 Å². The van der Waals surface area contributed by atoms with Crippen LogP contribution in [0.15, 0.2) is 48.6 Å². The molecule has 0 aromatic heterocycles. The van der Waals surface area contributed by atoms with Crippen LogP contribution in [0.1, 0.15) is 136 Å². The smallest absolute Gasteiger partial charge is 0.462 e. The van der Waals surface area contributed by atoms with Crippen molar-refractivity contribution in [3.63, 3.8) is 0 Å². The van der Waals surface area contributed by atoms with Crippen LogP contribution in [0.5, 0.6) is 0 Å². The zero-order valence-corrected chi connectivity index (χ0v) is 32.5. The molecule has 0 saturated heterocycles. The van der Waals surface area contributed by atoms with Crippen molar-refractivity contribution in [2.75, 3.05) is 26.4 Å². The van der Waals surface area contributed by atoms with Gasteiger partial charge in [0.25, 0.3) is 0 Å². The molecule has 0 heterocycles. The van der Waals surface area contributed by atoms with E-state index in [0.29, 0.717) is 25.7 Å². The van der Waals surface area contributed by atoms with Crippen LogP contribution in [0.25, 0.3) is 0 Å². The maximum Gasteiger partial charge on any atom is 0.472 e. The Kier molecular flexibility index (Phi) is 32.3. The van der Waals surface area contributed by atoms with Crippen LogP contribution in [0, 0.1) is 5.92 Å². The summed E-state index contributed by atoms with van der Waals surface area (Å²) in [6.07, 6.45) is 28.6. The van der Waals surface area contributed by atoms with Gasteiger partial charge in [-0.05, 0) is 50.9 Å². The lowest BCUT2D eigenvalue weighted by Crippen LogP contribution is -2.29. The van der Waals surface area contributed by atoms with Crippen molar-refractivity contribution >= 4 is 19.8 Å². The number of carbonyl (C=O) groups is 2. The largest absolute Gasteiger partial charge is 0.472 e. The normalized spacial score (nSPS) is 15.3. The van der Waals surface area contributed by atoms with Crippen LogP contribution in [0.4, 0.5) is 0 Å². The minimum absolute atomic E-state index is 0.105. The summed E-state index contributed by atoms with van der Waals surface area (Å²) in [6.45, 7) is 4.39. The fourth-order valence-corrected chi connectivity index (χ4v) is 5.51. The van der Waals surface area contributed by atoms with Gasteiger partial charge in [0.15, 0.2) is 6.10 Å². The average Bonchev–Trinajstić information content (AvgIpc) is 3.09. The first-order valence-electron chi connectivity index (χ1n) is 19.1. The Bertz CT molecular complexity index is 1020. The number of esters is 2. The van der Waals surface area contributed by atoms with Crippen molar-refractivity contribution in [2.45, 2.75) is 155 Å². The van der Waals surface area contributed by atoms with E-state index in [1.165, 1.54) is 44.9 Å². The maximum atomic E-state index is 12.5. The third-order valence-electron chi connectivity index (χ3n) is 7.74. The molecule has 51 heavy (non-hydrogen) atoms. The van der Waals surface area contributed by atoms with Crippen LogP contribution in [0.3, 0.4) is 0 Å². The molecule has 4 atom stereocenters. The zero-order valence-electron chi connectivity index (χ0n) is 31.6. The SMILES string of the molecule is CCCCC/C=C\C/C=C\CC(O)/C=C\C=C\CCCC(=O)OC[C@H](COP(=O)(O)OC[C@@H](O)CO)OC(=O)CCCCCCCCCC(C)C. The molecule has 0 radical (unpaired) electrons. The predicted octanol–water partition coefficient (Wildman–Crippen LogP) is 8.21. The van der Waals surface area contributed by atoms with Crippen molar-refractivity contribution < 1.29 is 52.9 Å². The Morgan fingerprint density at radius 3 is 2.08 bits per heavy atom. The molecular formula is C39H69O11P. The average molecular weight is 745 g/mol. The quantitative estimate of drug-likeness (QED) is 0.0165. The molecule has 0 fully saturated rings. The van der Waals surface area contributed by atoms with E-state index in [9.17, 15) is 29.3 Å². The lowest BCUT2D eigenvalue weighted by atomic mass is 10.0. The molecule has 12 heteroatoms. The number of hydrogen-bond acceptors (Lipinski definition) is 10. The molecule has 296 valence electrons. The molecular weight excluding hydrogens is 675 g/mol. The van der Waals surface area contributed by atoms with Crippen LogP contribution < -0.4 is 0 Å². The maximum absolute atomic E-state index is 12.5. The summed E-state index contributed by atoms with van der Waals surface area (Å²) in [5.41, 5.74) is 0. The highest BCUT2D eigenvalue weighted by molar-refractivity contribution is 7.47. The standard InChI is InChI=1S/C39H69O11P/c1-4-5-6-7-8-9-12-16-21-26-35(41)27-22-17-14-19-23-28-38(43)47-32-37(33-49-51(45,46)48-31-36(42)30-40)50-39(44)29-24-18-13-10-11-15-20-25-34(2)3/h8-9,14,16-17,21-22,27,34-37,40-42H,4-7,10-13,15,18-20,23-26,28-33H2,1-3H3,(H,45,46)/b9-8-,17-14+,21-16-,27-22-/t35?,36-,37+/m0/s1. The number of phosphoric acid groups is 1. The molecule has 0 aromatic rings. The van der Waals surface area contributed by atoms with Gasteiger partial charge in [-0.3, -0.25) is 18.6 Å². The molecule has 0 aliphatic carbocycles. The second-order valence-electron chi connectivity index (χ2n) is 13.3. The van der Waals surface area contributed by atoms with E-state index in [-0.39, 0.29) is 19.4 Å². The molecule has 0 aliphatic rings. The Morgan fingerprint density at radius 2 is 1.37 bits per heavy atom. The third-order valence-corrected chi connectivity index (χ3v) is 8.70. The van der Waals surface area contributed by atoms with Gasteiger partial charge < -0.3 is 29.7 Å². The number of hydrogen-bond donors (Lipinski definition) is 4. The van der Waals surface area contributed by atoms with Gasteiger partial charge in [0.1, 0.15) is 12.7 Å². The number of allylic oxidation sites excluding steroid dienone is 6. The molecule has 0 spiro atoms. The Hall–Kier alpha value is -2.11. The number of aliphatic hydroxyl groups excluding tert-OH is 3. The molecule has 4 N–H and O–H groups in total. The van der Waals surface area contributed by atoms with Gasteiger partial charge in [-0.25, -0.2) is 4.57 Å². The van der Waals surface area contributed by atoms with Crippen molar-refractivity contribution in [1.82, 2.24) is 0 Å². The van der Waals surface area contributed by atoms with Gasteiger partial charge in [-0.1, -0.05) is 127 Å². The monoisotopic (exact) mass is 744 g/mol. The van der Waals surface area contributed by atoms with Crippen molar-refractivity contribution in [3.05, 3.63) is 48.6 Å². The Balaban J connectivity index is 4.55. The van der Waals surface area contributed by atoms with Crippen LogP contribution in [0.2, 0.25) is 0 Å². The van der Waals surface area contributed by atoms with Crippen molar-refractivity contribution in [2.24, 2.45) is 5.92 Å². The number of unbranched alkanes of at least 4 members (excludes halogenated alkanes) is 10. The zero-order chi connectivity index (χ0) is 38.0. The fraction of sp³-hybridized carbons (Fsp3) is 0.744. The summed E-state index contributed by atoms with van der Waals surface area (Å²) >= 11 is 0. The first kappa shape index (κ1) is 48.9. The molecule has 0 saturated carbocycles. The van der Waals surface area contributed by atoms with E-state index in [4.69, 9.17) is 19.1 Å². The molecule has 0 aliphatic heterocycles. The first-order chi connectivity index (χ1) is 24.5. The fourth-order valence-electron chi connectivity index (χ4n) is 4.72. The lowest BCUT2D eigenvalue weighted by molar-refractivity contribution is -0.161. The highest BCUT2D eigenvalue weighted by Gasteiger charge is 2.27. The lowest BCUT2D eigenvalue weighted by Gasteiger charge is -2.20. The van der Waals surface area contributed by atoms with E-state index in [0.717, 1.165) is 38.0 Å². The van der Waals surface area contributed by atoms with Crippen molar-refractivity contribution in [3.8, 4) is 0 Å². The van der Waals surface area contributed by atoms with E-state index in [1.807, 2.05) is 24.3 Å². The summed E-state index contributed by atoms with van der Waals surface area (Å²) in [7, 11) is -4.64. The summed E-state index contributed by atoms with van der Waals surface area (Å²) in [5.74, 6) is -0.338. The van der Waals surface area contributed by atoms with Gasteiger partial charge in [0.05, 0.1) is 25.9 Å². The molecule has 0 amide bonds. The Morgan fingerprint density at radius 1 is 0.725 bits per heavy atom. The van der Waals surface area contributed by atoms with Gasteiger partial charge in [0.2, 0.25) is 0 Å². The minimum Gasteiger partial charge on any atom is -0.462 e. The molecule has 0 rings (SSSR count). The van der Waals surface area contributed by atoms with E-state index in [2.05, 4.69) is 37.4 Å². The Labute approximate surface area is 307 Å². The number of aliphatic hydroxyl groups is 3. The number of phosphoric ester groups is 1. The molecule has 0 aromatic carbocycles. The minimum atomic E-state index is -4.64. The summed E-state index contributed by atoms with van der Waals surface area (Å²) in [6, 6.07) is 0. The van der Waals surface area contributed by atoms with Gasteiger partial charge in [-0.15, -0.1) is 0 Å². The second kappa shape index (κ2) is 33.7. The van der Waals surface area contributed by atoms with Crippen LogP contribution in [-0.2, 0) is 32.7 Å². The summed E-state index contributed by atoms with van der Waals surface area (Å²) in [4.78, 5) is 34.8. The number of ether oxygens (including phenoxy) is 2. The van der Waals surface area contributed by atoms with E-state index >= 15 is 0 Å². The molecule has 2 unspecified atom stereocenters. The van der Waals surface area contributed by atoms with Crippen LogP contribution in [-0.4, -0.2) is 76.9 Å². The summed E-state index contributed by atoms with van der Waals surface area (Å²) < 4.78 is 32.4. The first-order valence-corrected chi connectivity index (χ1v) is 20.6. The van der Waals surface area contributed by atoms with Gasteiger partial charge >= 0.3 is 19.8 Å². The van der Waals surface area contributed by atoms with E-state index in [1.54, 1.807) is 12.2 Å². The number of rotatable bonds is 34. The summed E-state index contributed by atoms with van der Waals surface area (Å²) in [5, 5.41) is 28.3. The highest BCUT2D eigenvalue weighted by atomic mass is 31.2. The topological polar surface area (TPSA) is 169 Å². The van der Waals surface area contributed by atoms with Crippen LogP contribution >= 0.6 is 7.82 Å². The highest BCUT2D eigenvalue weighted by Crippen LogP contribution is 2.43. The van der Waals surface area contributed by atoms with Gasteiger partial charge in [-0.2, -0.15) is 0 Å².